The average Bonchev–Trinajstić information content (AvgIpc) is 2.30. The van der Waals surface area contributed by atoms with Gasteiger partial charge in [0, 0.05) is 30.4 Å². The Morgan fingerprint density at radius 2 is 2.00 bits per heavy atom. The van der Waals surface area contributed by atoms with Gasteiger partial charge in [-0.3, -0.25) is 9.97 Å². The molecule has 0 spiro atoms. The normalized spacial score (nSPS) is 9.53. The SMILES string of the molecule is N#Cc1cncc(-c2nccnc2N)c1. The van der Waals surface area contributed by atoms with Crippen LogP contribution in [-0.4, -0.2) is 15.0 Å². The van der Waals surface area contributed by atoms with Crippen LogP contribution in [0, 0.1) is 11.3 Å². The highest BCUT2D eigenvalue weighted by molar-refractivity contribution is 5.69. The Balaban J connectivity index is 2.55. The Labute approximate surface area is 86.2 Å². The zero-order valence-electron chi connectivity index (χ0n) is 7.75. The fourth-order valence-electron chi connectivity index (χ4n) is 1.20. The molecule has 0 saturated carbocycles. The third-order valence-electron chi connectivity index (χ3n) is 1.87. The van der Waals surface area contributed by atoms with Crippen molar-refractivity contribution >= 4 is 5.82 Å². The zero-order chi connectivity index (χ0) is 10.7. The van der Waals surface area contributed by atoms with E-state index in [1.807, 2.05) is 6.07 Å². The topological polar surface area (TPSA) is 88.5 Å². The van der Waals surface area contributed by atoms with Crippen molar-refractivity contribution in [1.82, 2.24) is 15.0 Å². The molecule has 2 aromatic heterocycles. The zero-order valence-corrected chi connectivity index (χ0v) is 7.75. The number of hydrogen-bond donors (Lipinski definition) is 1. The molecule has 0 aliphatic heterocycles. The van der Waals surface area contributed by atoms with Gasteiger partial charge in [-0.1, -0.05) is 0 Å². The van der Waals surface area contributed by atoms with Crippen LogP contribution in [0.3, 0.4) is 0 Å². The third-order valence-corrected chi connectivity index (χ3v) is 1.87. The molecule has 0 bridgehead atoms. The van der Waals surface area contributed by atoms with Crippen LogP contribution in [-0.2, 0) is 0 Å². The highest BCUT2D eigenvalue weighted by Crippen LogP contribution is 2.20. The van der Waals surface area contributed by atoms with Gasteiger partial charge in [-0.05, 0) is 6.07 Å². The van der Waals surface area contributed by atoms with E-state index in [0.29, 0.717) is 22.6 Å². The van der Waals surface area contributed by atoms with Crippen molar-refractivity contribution in [2.75, 3.05) is 5.73 Å². The number of nitrogens with two attached hydrogens (primary N) is 1. The van der Waals surface area contributed by atoms with Crippen LogP contribution in [0.15, 0.2) is 30.9 Å². The van der Waals surface area contributed by atoms with E-state index in [-0.39, 0.29) is 0 Å². The van der Waals surface area contributed by atoms with Gasteiger partial charge in [0.2, 0.25) is 0 Å². The number of nitriles is 1. The van der Waals surface area contributed by atoms with Crippen LogP contribution in [0.1, 0.15) is 5.56 Å². The van der Waals surface area contributed by atoms with E-state index < -0.39 is 0 Å². The maximum atomic E-state index is 8.72. The van der Waals surface area contributed by atoms with Crippen molar-refractivity contribution in [3.8, 4) is 17.3 Å². The summed E-state index contributed by atoms with van der Waals surface area (Å²) in [4.78, 5) is 11.9. The molecule has 0 fully saturated rings. The summed E-state index contributed by atoms with van der Waals surface area (Å²) in [6.45, 7) is 0. The average molecular weight is 197 g/mol. The summed E-state index contributed by atoms with van der Waals surface area (Å²) in [5.74, 6) is 0.328. The Bertz CT molecular complexity index is 529. The fourth-order valence-corrected chi connectivity index (χ4v) is 1.20. The van der Waals surface area contributed by atoms with Gasteiger partial charge in [-0.2, -0.15) is 5.26 Å². The summed E-state index contributed by atoms with van der Waals surface area (Å²) >= 11 is 0. The van der Waals surface area contributed by atoms with Crippen molar-refractivity contribution in [2.24, 2.45) is 0 Å². The van der Waals surface area contributed by atoms with Crippen molar-refractivity contribution < 1.29 is 0 Å². The number of rotatable bonds is 1. The molecule has 15 heavy (non-hydrogen) atoms. The first kappa shape index (κ1) is 9.09. The standard InChI is InChI=1S/C10H7N5/c11-4-7-3-8(6-13-5-7)9-10(12)15-2-1-14-9/h1-3,5-6H,(H2,12,15). The number of anilines is 1. The molecular weight excluding hydrogens is 190 g/mol. The monoisotopic (exact) mass is 197 g/mol. The Kier molecular flexibility index (Phi) is 2.25. The maximum Gasteiger partial charge on any atom is 0.150 e. The summed E-state index contributed by atoms with van der Waals surface area (Å²) in [5.41, 5.74) is 7.37. The number of hydrogen-bond acceptors (Lipinski definition) is 5. The molecule has 0 radical (unpaired) electrons. The van der Waals surface area contributed by atoms with Gasteiger partial charge in [0.15, 0.2) is 0 Å². The van der Waals surface area contributed by atoms with E-state index in [9.17, 15) is 0 Å². The van der Waals surface area contributed by atoms with Gasteiger partial charge in [-0.15, -0.1) is 0 Å². The Hall–Kier alpha value is -2.48. The van der Waals surface area contributed by atoms with Crippen molar-refractivity contribution in [2.45, 2.75) is 0 Å². The largest absolute Gasteiger partial charge is 0.382 e. The third kappa shape index (κ3) is 1.74. The van der Waals surface area contributed by atoms with Crippen LogP contribution in [0.25, 0.3) is 11.3 Å². The second-order valence-corrected chi connectivity index (χ2v) is 2.86. The summed E-state index contributed by atoms with van der Waals surface area (Å²) in [6.07, 6.45) is 6.14. The molecule has 0 atom stereocenters. The van der Waals surface area contributed by atoms with E-state index in [0.717, 1.165) is 0 Å². The van der Waals surface area contributed by atoms with Gasteiger partial charge in [0.25, 0.3) is 0 Å². The van der Waals surface area contributed by atoms with Gasteiger partial charge >= 0.3 is 0 Å². The van der Waals surface area contributed by atoms with E-state index >= 15 is 0 Å². The molecule has 5 nitrogen and oxygen atoms in total. The lowest BCUT2D eigenvalue weighted by molar-refractivity contribution is 1.20. The smallest absolute Gasteiger partial charge is 0.150 e. The molecule has 5 heteroatoms. The Morgan fingerprint density at radius 3 is 2.73 bits per heavy atom. The molecular formula is C10H7N5. The lowest BCUT2D eigenvalue weighted by Crippen LogP contribution is -1.96. The first-order chi connectivity index (χ1) is 7.31. The fraction of sp³-hybridized carbons (Fsp3) is 0. The highest BCUT2D eigenvalue weighted by atomic mass is 14.9. The van der Waals surface area contributed by atoms with Crippen molar-refractivity contribution in [3.63, 3.8) is 0 Å². The van der Waals surface area contributed by atoms with Crippen LogP contribution < -0.4 is 5.73 Å². The predicted molar refractivity (Wildman–Crippen MR) is 54.4 cm³/mol. The lowest BCUT2D eigenvalue weighted by Gasteiger charge is -2.02. The van der Waals surface area contributed by atoms with Gasteiger partial charge in [-0.25, -0.2) is 4.98 Å². The van der Waals surface area contributed by atoms with Crippen LogP contribution in [0.4, 0.5) is 5.82 Å². The van der Waals surface area contributed by atoms with Crippen LogP contribution >= 0.6 is 0 Å². The van der Waals surface area contributed by atoms with Crippen molar-refractivity contribution in [1.29, 1.82) is 5.26 Å². The first-order valence-corrected chi connectivity index (χ1v) is 4.23. The maximum absolute atomic E-state index is 8.72. The number of pyridine rings is 1. The summed E-state index contributed by atoms with van der Waals surface area (Å²) in [6, 6.07) is 3.68. The van der Waals surface area contributed by atoms with Gasteiger partial charge in [0.1, 0.15) is 17.6 Å². The molecule has 0 amide bonds. The summed E-state index contributed by atoms with van der Waals surface area (Å²) in [5, 5.41) is 8.72. The van der Waals surface area contributed by atoms with Crippen molar-refractivity contribution in [3.05, 3.63) is 36.4 Å². The van der Waals surface area contributed by atoms with E-state index in [4.69, 9.17) is 11.0 Å². The minimum atomic E-state index is 0.328. The van der Waals surface area contributed by atoms with Crippen LogP contribution in [0.2, 0.25) is 0 Å². The number of nitrogen functional groups attached to an aromatic ring is 1. The van der Waals surface area contributed by atoms with Gasteiger partial charge < -0.3 is 5.73 Å². The summed E-state index contributed by atoms with van der Waals surface area (Å²) < 4.78 is 0. The lowest BCUT2D eigenvalue weighted by atomic mass is 10.1. The number of nitrogens with zero attached hydrogens (tertiary/aromatic N) is 4. The highest BCUT2D eigenvalue weighted by Gasteiger charge is 2.05. The summed E-state index contributed by atoms with van der Waals surface area (Å²) in [7, 11) is 0. The van der Waals surface area contributed by atoms with Gasteiger partial charge in [0.05, 0.1) is 5.56 Å². The molecule has 0 aliphatic rings. The second-order valence-electron chi connectivity index (χ2n) is 2.86. The van der Waals surface area contributed by atoms with E-state index in [1.165, 1.54) is 12.4 Å². The molecule has 72 valence electrons. The minimum Gasteiger partial charge on any atom is -0.382 e. The molecule has 0 aliphatic carbocycles. The predicted octanol–water partition coefficient (Wildman–Crippen LogP) is 0.992. The molecule has 2 heterocycles. The molecule has 2 N–H and O–H groups in total. The molecule has 0 aromatic carbocycles. The van der Waals surface area contributed by atoms with E-state index in [1.54, 1.807) is 18.5 Å². The molecule has 0 unspecified atom stereocenters. The van der Waals surface area contributed by atoms with E-state index in [2.05, 4.69) is 15.0 Å². The Morgan fingerprint density at radius 1 is 1.20 bits per heavy atom. The second kappa shape index (κ2) is 3.72. The molecule has 2 aromatic rings. The first-order valence-electron chi connectivity index (χ1n) is 4.23. The molecule has 2 rings (SSSR count). The number of aromatic nitrogens is 3. The van der Waals surface area contributed by atoms with Crippen LogP contribution in [0.5, 0.6) is 0 Å². The minimum absolute atomic E-state index is 0.328. The quantitative estimate of drug-likeness (QED) is 0.736. The molecule has 0 saturated heterocycles.